The Kier molecular flexibility index (Phi) is 6.85. The van der Waals surface area contributed by atoms with E-state index in [1.54, 1.807) is 20.8 Å². The van der Waals surface area contributed by atoms with Crippen molar-refractivity contribution in [2.45, 2.75) is 45.5 Å². The standard InChI is InChI=1S/C19H28N2O5/c1-19(2,3)26-18(24)21-10-9-15(16(22)12-21)11-20-17(23)25-13-14-7-5-4-6-8-14/h4-8,15-16,22H,9-13H2,1-3H3,(H,20,23)/t15-,16+/m0/s1. The van der Waals surface area contributed by atoms with Crippen LogP contribution in [0.2, 0.25) is 0 Å². The van der Waals surface area contributed by atoms with Crippen LogP contribution < -0.4 is 5.32 Å². The smallest absolute Gasteiger partial charge is 0.410 e. The molecular weight excluding hydrogens is 336 g/mol. The van der Waals surface area contributed by atoms with Gasteiger partial charge in [0.15, 0.2) is 0 Å². The Morgan fingerprint density at radius 3 is 2.58 bits per heavy atom. The number of likely N-dealkylation sites (tertiary alicyclic amines) is 1. The first-order valence-corrected chi connectivity index (χ1v) is 8.85. The Morgan fingerprint density at radius 2 is 1.96 bits per heavy atom. The number of nitrogens with zero attached hydrogens (tertiary/aromatic N) is 1. The van der Waals surface area contributed by atoms with Crippen LogP contribution in [-0.2, 0) is 16.1 Å². The molecule has 0 saturated carbocycles. The van der Waals surface area contributed by atoms with E-state index in [2.05, 4.69) is 5.32 Å². The van der Waals surface area contributed by atoms with Crippen LogP contribution in [0.4, 0.5) is 9.59 Å². The van der Waals surface area contributed by atoms with E-state index < -0.39 is 23.9 Å². The molecule has 7 heteroatoms. The summed E-state index contributed by atoms with van der Waals surface area (Å²) in [6.45, 7) is 6.60. The van der Waals surface area contributed by atoms with Crippen LogP contribution in [0.1, 0.15) is 32.8 Å². The number of ether oxygens (including phenoxy) is 2. The second kappa shape index (κ2) is 8.89. The Bertz CT molecular complexity index is 600. The summed E-state index contributed by atoms with van der Waals surface area (Å²) in [5, 5.41) is 12.9. The van der Waals surface area contributed by atoms with Gasteiger partial charge in [0.05, 0.1) is 12.6 Å². The van der Waals surface area contributed by atoms with Crippen LogP contribution in [0.25, 0.3) is 0 Å². The van der Waals surface area contributed by atoms with Crippen LogP contribution >= 0.6 is 0 Å². The number of carbonyl (C=O) groups excluding carboxylic acids is 2. The van der Waals surface area contributed by atoms with Crippen molar-refractivity contribution in [3.05, 3.63) is 35.9 Å². The Morgan fingerprint density at radius 1 is 1.27 bits per heavy atom. The molecule has 2 amide bonds. The van der Waals surface area contributed by atoms with Gasteiger partial charge in [-0.2, -0.15) is 0 Å². The van der Waals surface area contributed by atoms with Gasteiger partial charge in [-0.25, -0.2) is 9.59 Å². The summed E-state index contributed by atoms with van der Waals surface area (Å²) in [7, 11) is 0. The molecule has 2 atom stereocenters. The first-order valence-electron chi connectivity index (χ1n) is 8.85. The van der Waals surface area contributed by atoms with E-state index in [0.717, 1.165) is 5.56 Å². The fourth-order valence-corrected chi connectivity index (χ4v) is 2.70. The van der Waals surface area contributed by atoms with E-state index in [0.29, 0.717) is 19.5 Å². The van der Waals surface area contributed by atoms with Gasteiger partial charge in [-0.3, -0.25) is 0 Å². The third-order valence-electron chi connectivity index (χ3n) is 4.09. The molecule has 0 unspecified atom stereocenters. The number of piperidine rings is 1. The van der Waals surface area contributed by atoms with Crippen LogP contribution in [0.3, 0.4) is 0 Å². The molecule has 144 valence electrons. The first kappa shape index (κ1) is 20.0. The Balaban J connectivity index is 1.71. The molecule has 2 rings (SSSR count). The highest BCUT2D eigenvalue weighted by Gasteiger charge is 2.32. The summed E-state index contributed by atoms with van der Waals surface area (Å²) in [6, 6.07) is 9.41. The summed E-state index contributed by atoms with van der Waals surface area (Å²) in [4.78, 5) is 25.4. The van der Waals surface area contributed by atoms with Crippen molar-refractivity contribution in [2.75, 3.05) is 19.6 Å². The van der Waals surface area contributed by atoms with Gasteiger partial charge in [0, 0.05) is 19.0 Å². The van der Waals surface area contributed by atoms with Gasteiger partial charge >= 0.3 is 12.2 Å². The van der Waals surface area contributed by atoms with Crippen LogP contribution in [0.5, 0.6) is 0 Å². The minimum Gasteiger partial charge on any atom is -0.445 e. The monoisotopic (exact) mass is 364 g/mol. The first-order chi connectivity index (χ1) is 12.2. The molecule has 26 heavy (non-hydrogen) atoms. The quantitative estimate of drug-likeness (QED) is 0.857. The molecular formula is C19H28N2O5. The lowest BCUT2D eigenvalue weighted by Crippen LogP contribution is -2.50. The number of aliphatic hydroxyl groups is 1. The molecule has 0 bridgehead atoms. The Hall–Kier alpha value is -2.28. The van der Waals surface area contributed by atoms with Gasteiger partial charge in [-0.05, 0) is 32.8 Å². The van der Waals surface area contributed by atoms with Crippen LogP contribution in [0.15, 0.2) is 30.3 Å². The van der Waals surface area contributed by atoms with Gasteiger partial charge in [0.25, 0.3) is 0 Å². The summed E-state index contributed by atoms with van der Waals surface area (Å²) >= 11 is 0. The van der Waals surface area contributed by atoms with Crippen molar-refractivity contribution >= 4 is 12.2 Å². The van der Waals surface area contributed by atoms with Gasteiger partial charge in [0.2, 0.25) is 0 Å². The van der Waals surface area contributed by atoms with Crippen molar-refractivity contribution in [2.24, 2.45) is 5.92 Å². The highest BCUT2D eigenvalue weighted by Crippen LogP contribution is 2.20. The maximum absolute atomic E-state index is 12.1. The second-order valence-corrected chi connectivity index (χ2v) is 7.49. The molecule has 0 spiro atoms. The molecule has 1 fully saturated rings. The average Bonchev–Trinajstić information content (AvgIpc) is 2.58. The number of β-amino-alcohol motifs (C(OH)–C–C–N with tert-alkyl or cyclic N) is 1. The number of aliphatic hydroxyl groups excluding tert-OH is 1. The fourth-order valence-electron chi connectivity index (χ4n) is 2.70. The number of benzene rings is 1. The lowest BCUT2D eigenvalue weighted by atomic mass is 9.94. The van der Waals surface area contributed by atoms with E-state index in [-0.39, 0.29) is 19.1 Å². The number of nitrogens with one attached hydrogen (secondary N) is 1. The highest BCUT2D eigenvalue weighted by atomic mass is 16.6. The number of rotatable bonds is 4. The molecule has 1 aliphatic heterocycles. The van der Waals surface area contributed by atoms with E-state index in [9.17, 15) is 14.7 Å². The van der Waals surface area contributed by atoms with Crippen molar-refractivity contribution in [3.8, 4) is 0 Å². The van der Waals surface area contributed by atoms with E-state index in [1.807, 2.05) is 30.3 Å². The maximum Gasteiger partial charge on any atom is 0.410 e. The van der Waals surface area contributed by atoms with Crippen LogP contribution in [0, 0.1) is 5.92 Å². The van der Waals surface area contributed by atoms with Gasteiger partial charge < -0.3 is 24.8 Å². The number of hydrogen-bond donors (Lipinski definition) is 2. The van der Waals surface area contributed by atoms with Crippen molar-refractivity contribution in [3.63, 3.8) is 0 Å². The third-order valence-corrected chi connectivity index (χ3v) is 4.09. The summed E-state index contributed by atoms with van der Waals surface area (Å²) in [5.41, 5.74) is 0.344. The number of amides is 2. The lowest BCUT2D eigenvalue weighted by Gasteiger charge is -2.36. The van der Waals surface area contributed by atoms with E-state index in [1.165, 1.54) is 4.90 Å². The van der Waals surface area contributed by atoms with Crippen LogP contribution in [-0.4, -0.2) is 53.5 Å². The van der Waals surface area contributed by atoms with E-state index in [4.69, 9.17) is 9.47 Å². The summed E-state index contributed by atoms with van der Waals surface area (Å²) in [5.74, 6) is -0.127. The maximum atomic E-state index is 12.1. The number of alkyl carbamates (subject to hydrolysis) is 1. The van der Waals surface area contributed by atoms with Gasteiger partial charge in [0.1, 0.15) is 12.2 Å². The zero-order valence-electron chi connectivity index (χ0n) is 15.6. The molecule has 1 aromatic rings. The predicted molar refractivity (Wildman–Crippen MR) is 96.6 cm³/mol. The topological polar surface area (TPSA) is 88.1 Å². The molecule has 1 aliphatic rings. The normalized spacial score (nSPS) is 20.4. The SMILES string of the molecule is CC(C)(C)OC(=O)N1CC[C@@H](CNC(=O)OCc2ccccc2)[C@H](O)C1. The third kappa shape index (κ3) is 6.55. The Labute approximate surface area is 154 Å². The average molecular weight is 364 g/mol. The summed E-state index contributed by atoms with van der Waals surface area (Å²) in [6.07, 6.45) is -1.08. The van der Waals surface area contributed by atoms with Crippen molar-refractivity contribution in [1.29, 1.82) is 0 Å². The molecule has 1 aromatic carbocycles. The molecule has 0 radical (unpaired) electrons. The number of hydrogen-bond acceptors (Lipinski definition) is 5. The molecule has 7 nitrogen and oxygen atoms in total. The lowest BCUT2D eigenvalue weighted by molar-refractivity contribution is -0.0124. The largest absolute Gasteiger partial charge is 0.445 e. The van der Waals surface area contributed by atoms with Gasteiger partial charge in [-0.15, -0.1) is 0 Å². The molecule has 1 heterocycles. The van der Waals surface area contributed by atoms with E-state index >= 15 is 0 Å². The predicted octanol–water partition coefficient (Wildman–Crippen LogP) is 2.53. The van der Waals surface area contributed by atoms with Crippen molar-refractivity contribution < 1.29 is 24.2 Å². The molecule has 1 saturated heterocycles. The number of carbonyl (C=O) groups is 2. The highest BCUT2D eigenvalue weighted by molar-refractivity contribution is 5.68. The fraction of sp³-hybridized carbons (Fsp3) is 0.579. The molecule has 2 N–H and O–H groups in total. The molecule has 0 aromatic heterocycles. The zero-order valence-corrected chi connectivity index (χ0v) is 15.6. The molecule has 0 aliphatic carbocycles. The summed E-state index contributed by atoms with van der Waals surface area (Å²) < 4.78 is 10.5. The minimum absolute atomic E-state index is 0.127. The zero-order chi connectivity index (χ0) is 19.2. The van der Waals surface area contributed by atoms with Gasteiger partial charge in [-0.1, -0.05) is 30.3 Å². The minimum atomic E-state index is -0.717. The second-order valence-electron chi connectivity index (χ2n) is 7.49. The van der Waals surface area contributed by atoms with Crippen molar-refractivity contribution in [1.82, 2.24) is 10.2 Å².